The first-order valence-corrected chi connectivity index (χ1v) is 9.26. The Balaban J connectivity index is 1.50. The highest BCUT2D eigenvalue weighted by Crippen LogP contribution is 2.29. The smallest absolute Gasteiger partial charge is 0.257 e. The van der Waals surface area contributed by atoms with E-state index in [9.17, 15) is 9.59 Å². The summed E-state index contributed by atoms with van der Waals surface area (Å²) in [6, 6.07) is 15.4. The van der Waals surface area contributed by atoms with Crippen LogP contribution in [0.15, 0.2) is 67.0 Å². The van der Waals surface area contributed by atoms with Crippen LogP contribution in [-0.2, 0) is 0 Å². The Labute approximate surface area is 164 Å². The third-order valence-corrected chi connectivity index (χ3v) is 5.10. The molecule has 0 bridgehead atoms. The molecule has 0 aliphatic rings. The molecule has 0 unspecified atom stereocenters. The molecule has 0 spiro atoms. The first-order valence-electron chi connectivity index (χ1n) is 8.45. The summed E-state index contributed by atoms with van der Waals surface area (Å²) in [6.07, 6.45) is 3.14. The number of ether oxygens (including phenoxy) is 1. The predicted molar refractivity (Wildman–Crippen MR) is 108 cm³/mol. The Kier molecular flexibility index (Phi) is 4.82. The highest BCUT2D eigenvalue weighted by Gasteiger charge is 2.13. The van der Waals surface area contributed by atoms with Gasteiger partial charge in [0.25, 0.3) is 5.91 Å². The van der Waals surface area contributed by atoms with Crippen LogP contribution in [0, 0.1) is 0 Å². The van der Waals surface area contributed by atoms with E-state index < -0.39 is 0 Å². The minimum atomic E-state index is -0.283. The number of hydrogen-bond acceptors (Lipinski definition) is 6. The summed E-state index contributed by atoms with van der Waals surface area (Å²) in [4.78, 5) is 33.2. The van der Waals surface area contributed by atoms with Crippen LogP contribution in [0.2, 0.25) is 0 Å². The molecule has 2 aromatic carbocycles. The SMILES string of the molecule is COc1ccc2nc(NC(=O)c3ccc(C(=O)c4ccncc4)cc3)sc2c1. The highest BCUT2D eigenvalue weighted by atomic mass is 32.1. The van der Waals surface area contributed by atoms with Crippen molar-refractivity contribution in [1.29, 1.82) is 0 Å². The molecule has 28 heavy (non-hydrogen) atoms. The molecular formula is C21H15N3O3S. The summed E-state index contributed by atoms with van der Waals surface area (Å²) in [5, 5.41) is 3.30. The van der Waals surface area contributed by atoms with Gasteiger partial charge in [0, 0.05) is 29.1 Å². The van der Waals surface area contributed by atoms with Gasteiger partial charge in [-0.15, -0.1) is 0 Å². The van der Waals surface area contributed by atoms with E-state index in [-0.39, 0.29) is 11.7 Å². The van der Waals surface area contributed by atoms with Crippen molar-refractivity contribution in [2.75, 3.05) is 12.4 Å². The van der Waals surface area contributed by atoms with E-state index in [1.165, 1.54) is 11.3 Å². The summed E-state index contributed by atoms with van der Waals surface area (Å²) in [5.41, 5.74) is 2.30. The quantitative estimate of drug-likeness (QED) is 0.518. The molecule has 0 saturated carbocycles. The van der Waals surface area contributed by atoms with Crippen molar-refractivity contribution < 1.29 is 14.3 Å². The number of carbonyl (C=O) groups is 2. The van der Waals surface area contributed by atoms with Gasteiger partial charge in [-0.25, -0.2) is 4.98 Å². The molecule has 1 N–H and O–H groups in total. The maximum atomic E-state index is 12.5. The average molecular weight is 389 g/mol. The Morgan fingerprint density at radius 2 is 1.61 bits per heavy atom. The van der Waals surface area contributed by atoms with E-state index in [1.54, 1.807) is 55.9 Å². The van der Waals surface area contributed by atoms with Crippen LogP contribution in [-0.4, -0.2) is 28.8 Å². The number of carbonyl (C=O) groups excluding carboxylic acids is 2. The zero-order valence-electron chi connectivity index (χ0n) is 14.9. The van der Waals surface area contributed by atoms with Crippen molar-refractivity contribution in [2.45, 2.75) is 0 Å². The summed E-state index contributed by atoms with van der Waals surface area (Å²) >= 11 is 1.37. The number of ketones is 1. The third-order valence-electron chi connectivity index (χ3n) is 4.17. The first-order chi connectivity index (χ1) is 13.6. The van der Waals surface area contributed by atoms with Crippen LogP contribution in [0.5, 0.6) is 5.75 Å². The first kappa shape index (κ1) is 17.8. The summed E-state index contributed by atoms with van der Waals surface area (Å²) in [5.74, 6) is 0.340. The number of thiazole rings is 1. The van der Waals surface area contributed by atoms with E-state index in [4.69, 9.17) is 4.74 Å². The van der Waals surface area contributed by atoms with Crippen LogP contribution >= 0.6 is 11.3 Å². The lowest BCUT2D eigenvalue weighted by Crippen LogP contribution is -2.12. The van der Waals surface area contributed by atoms with Gasteiger partial charge in [-0.2, -0.15) is 0 Å². The van der Waals surface area contributed by atoms with Crippen LogP contribution in [0.3, 0.4) is 0 Å². The minimum absolute atomic E-state index is 0.116. The Hall–Kier alpha value is -3.58. The van der Waals surface area contributed by atoms with Gasteiger partial charge in [0.15, 0.2) is 10.9 Å². The number of fused-ring (bicyclic) bond motifs is 1. The normalized spacial score (nSPS) is 10.6. The lowest BCUT2D eigenvalue weighted by atomic mass is 10.0. The van der Waals surface area contributed by atoms with Gasteiger partial charge in [-0.1, -0.05) is 23.5 Å². The number of pyridine rings is 1. The van der Waals surface area contributed by atoms with Gasteiger partial charge < -0.3 is 4.74 Å². The van der Waals surface area contributed by atoms with E-state index >= 15 is 0 Å². The molecule has 0 radical (unpaired) electrons. The third kappa shape index (κ3) is 3.60. The number of benzene rings is 2. The monoisotopic (exact) mass is 389 g/mol. The minimum Gasteiger partial charge on any atom is -0.497 e. The maximum absolute atomic E-state index is 12.5. The van der Waals surface area contributed by atoms with Crippen molar-refractivity contribution in [1.82, 2.24) is 9.97 Å². The number of aromatic nitrogens is 2. The molecule has 6 nitrogen and oxygen atoms in total. The van der Waals surface area contributed by atoms with Crippen LogP contribution < -0.4 is 10.1 Å². The Morgan fingerprint density at radius 1 is 0.929 bits per heavy atom. The van der Waals surface area contributed by atoms with Gasteiger partial charge in [0.2, 0.25) is 0 Å². The zero-order chi connectivity index (χ0) is 19.5. The van der Waals surface area contributed by atoms with Gasteiger partial charge in [-0.05, 0) is 42.5 Å². The molecule has 0 atom stereocenters. The van der Waals surface area contributed by atoms with Crippen molar-refractivity contribution in [3.63, 3.8) is 0 Å². The van der Waals surface area contributed by atoms with Crippen molar-refractivity contribution >= 4 is 38.4 Å². The van der Waals surface area contributed by atoms with Gasteiger partial charge >= 0.3 is 0 Å². The summed E-state index contributed by atoms with van der Waals surface area (Å²) in [6.45, 7) is 0. The molecule has 2 aromatic heterocycles. The van der Waals surface area contributed by atoms with E-state index in [0.717, 1.165) is 16.0 Å². The Bertz CT molecular complexity index is 1150. The van der Waals surface area contributed by atoms with Gasteiger partial charge in [0.05, 0.1) is 17.3 Å². The fourth-order valence-corrected chi connectivity index (χ4v) is 3.59. The topological polar surface area (TPSA) is 81.2 Å². The zero-order valence-corrected chi connectivity index (χ0v) is 15.7. The van der Waals surface area contributed by atoms with Crippen LogP contribution in [0.1, 0.15) is 26.3 Å². The molecule has 1 amide bonds. The number of nitrogens with zero attached hydrogens (tertiary/aromatic N) is 2. The fourth-order valence-electron chi connectivity index (χ4n) is 2.70. The molecule has 0 saturated heterocycles. The largest absolute Gasteiger partial charge is 0.497 e. The lowest BCUT2D eigenvalue weighted by molar-refractivity contribution is 0.102. The molecule has 4 aromatic rings. The van der Waals surface area contributed by atoms with E-state index in [0.29, 0.717) is 21.8 Å². The molecule has 7 heteroatoms. The maximum Gasteiger partial charge on any atom is 0.257 e. The van der Waals surface area contributed by atoms with Crippen LogP contribution in [0.25, 0.3) is 10.2 Å². The van der Waals surface area contributed by atoms with Crippen molar-refractivity contribution in [3.8, 4) is 5.75 Å². The number of rotatable bonds is 5. The number of anilines is 1. The van der Waals surface area contributed by atoms with Gasteiger partial charge in [0.1, 0.15) is 5.75 Å². The molecule has 138 valence electrons. The lowest BCUT2D eigenvalue weighted by Gasteiger charge is -2.04. The average Bonchev–Trinajstić information content (AvgIpc) is 3.15. The molecule has 0 aliphatic heterocycles. The second-order valence-corrected chi connectivity index (χ2v) is 6.98. The number of methoxy groups -OCH3 is 1. The molecular weight excluding hydrogens is 374 g/mol. The number of amides is 1. The summed E-state index contributed by atoms with van der Waals surface area (Å²) < 4.78 is 6.13. The standard InChI is InChI=1S/C21H15N3O3S/c1-27-16-6-7-17-18(12-16)28-21(23-17)24-20(26)15-4-2-13(3-5-15)19(25)14-8-10-22-11-9-14/h2-12H,1H3,(H,23,24,26). The summed E-state index contributed by atoms with van der Waals surface area (Å²) in [7, 11) is 1.61. The predicted octanol–water partition coefficient (Wildman–Crippen LogP) is 4.18. The number of nitrogens with one attached hydrogen (secondary N) is 1. The molecule has 2 heterocycles. The van der Waals surface area contributed by atoms with Crippen LogP contribution in [0.4, 0.5) is 5.13 Å². The van der Waals surface area contributed by atoms with E-state index in [2.05, 4.69) is 15.3 Å². The highest BCUT2D eigenvalue weighted by molar-refractivity contribution is 7.22. The molecule has 4 rings (SSSR count). The van der Waals surface area contributed by atoms with Gasteiger partial charge in [-0.3, -0.25) is 19.9 Å². The van der Waals surface area contributed by atoms with Crippen molar-refractivity contribution in [2.24, 2.45) is 0 Å². The Morgan fingerprint density at radius 3 is 2.32 bits per heavy atom. The second-order valence-electron chi connectivity index (χ2n) is 5.95. The van der Waals surface area contributed by atoms with E-state index in [1.807, 2.05) is 18.2 Å². The van der Waals surface area contributed by atoms with Crippen molar-refractivity contribution in [3.05, 3.63) is 83.7 Å². The number of hydrogen-bond donors (Lipinski definition) is 1. The molecule has 0 aliphatic carbocycles. The second kappa shape index (κ2) is 7.58. The molecule has 0 fully saturated rings. The fraction of sp³-hybridized carbons (Fsp3) is 0.0476.